The number of para-hydroxylation sites is 1. The Balaban J connectivity index is 1.94. The number of carbonyl (C=O) groups excluding carboxylic acids is 2. The van der Waals surface area contributed by atoms with Gasteiger partial charge >= 0.3 is 0 Å². The second-order valence-corrected chi connectivity index (χ2v) is 10.2. The molecule has 1 aromatic carbocycles. The van der Waals surface area contributed by atoms with E-state index in [-0.39, 0.29) is 36.2 Å². The third-order valence-corrected chi connectivity index (χ3v) is 6.78. The van der Waals surface area contributed by atoms with Crippen LogP contribution in [0.15, 0.2) is 24.3 Å². The topological polar surface area (TPSA) is 98.9 Å². The van der Waals surface area contributed by atoms with Gasteiger partial charge in [0.25, 0.3) is 0 Å². The molecule has 1 heterocycles. The lowest BCUT2D eigenvalue weighted by Gasteiger charge is -2.47. The van der Waals surface area contributed by atoms with E-state index in [0.29, 0.717) is 36.3 Å². The Morgan fingerprint density at radius 1 is 1.31 bits per heavy atom. The molecular weight excluding hydrogens is 428 g/mol. The number of anilines is 1. The van der Waals surface area contributed by atoms with Gasteiger partial charge in [-0.25, -0.2) is 0 Å². The molecule has 1 aliphatic heterocycles. The minimum absolute atomic E-state index is 0.0584. The van der Waals surface area contributed by atoms with E-state index >= 15 is 0 Å². The van der Waals surface area contributed by atoms with Crippen LogP contribution in [0, 0.1) is 11.8 Å². The molecule has 1 aliphatic rings. The number of aliphatic hydroxyl groups excluding tert-OH is 1. The quantitative estimate of drug-likeness (QED) is 0.492. The molecule has 8 heteroatoms. The highest BCUT2D eigenvalue weighted by Gasteiger charge is 2.40. The zero-order valence-electron chi connectivity index (χ0n) is 20.0. The molecule has 1 aromatic rings. The van der Waals surface area contributed by atoms with Crippen LogP contribution in [-0.2, 0) is 9.59 Å². The van der Waals surface area contributed by atoms with E-state index in [9.17, 15) is 14.7 Å². The fourth-order valence-corrected chi connectivity index (χ4v) is 4.09. The maximum Gasteiger partial charge on any atom is 0.241 e. The largest absolute Gasteiger partial charge is 0.391 e. The number of hydrogen-bond donors (Lipinski definition) is 3. The van der Waals surface area contributed by atoms with E-state index in [1.54, 1.807) is 17.9 Å². The van der Waals surface area contributed by atoms with E-state index < -0.39 is 12.1 Å². The molecule has 0 aliphatic carbocycles. The first-order valence-corrected chi connectivity index (χ1v) is 11.8. The Morgan fingerprint density at radius 2 is 1.97 bits per heavy atom. The Labute approximate surface area is 197 Å². The highest BCUT2D eigenvalue weighted by molar-refractivity contribution is 6.33. The van der Waals surface area contributed by atoms with Gasteiger partial charge in [0, 0.05) is 37.1 Å². The molecule has 180 valence electrons. The lowest BCUT2D eigenvalue weighted by molar-refractivity contribution is -0.125. The normalized spacial score (nSPS) is 20.5. The highest BCUT2D eigenvalue weighted by atomic mass is 35.5. The Kier molecular flexibility index (Phi) is 9.52. The number of piperazine rings is 1. The average molecular weight is 467 g/mol. The molecule has 4 atom stereocenters. The summed E-state index contributed by atoms with van der Waals surface area (Å²) in [7, 11) is 0. The minimum atomic E-state index is -0.841. The van der Waals surface area contributed by atoms with Gasteiger partial charge < -0.3 is 21.1 Å². The van der Waals surface area contributed by atoms with Crippen LogP contribution >= 0.6 is 11.6 Å². The van der Waals surface area contributed by atoms with Gasteiger partial charge in [0.1, 0.15) is 0 Å². The van der Waals surface area contributed by atoms with Crippen molar-refractivity contribution >= 4 is 29.1 Å². The van der Waals surface area contributed by atoms with Crippen molar-refractivity contribution in [2.75, 3.05) is 31.1 Å². The van der Waals surface area contributed by atoms with Crippen molar-refractivity contribution in [2.45, 2.75) is 65.1 Å². The van der Waals surface area contributed by atoms with Crippen molar-refractivity contribution in [2.24, 2.45) is 17.6 Å². The van der Waals surface area contributed by atoms with Crippen LogP contribution in [0.3, 0.4) is 0 Å². The number of carbonyl (C=O) groups is 2. The Morgan fingerprint density at radius 3 is 2.59 bits per heavy atom. The number of hydrogen-bond acceptors (Lipinski definition) is 5. The fraction of sp³-hybridized carbons (Fsp3) is 0.667. The number of nitrogens with zero attached hydrogens (tertiary/aromatic N) is 2. The summed E-state index contributed by atoms with van der Waals surface area (Å²) in [6, 6.07) is 6.74. The molecule has 32 heavy (non-hydrogen) atoms. The van der Waals surface area contributed by atoms with Crippen LogP contribution in [-0.4, -0.2) is 65.7 Å². The van der Waals surface area contributed by atoms with Crippen molar-refractivity contribution in [1.29, 1.82) is 0 Å². The summed E-state index contributed by atoms with van der Waals surface area (Å²) in [5.74, 6) is -0.0494. The van der Waals surface area contributed by atoms with Crippen LogP contribution in [0.2, 0.25) is 5.02 Å². The van der Waals surface area contributed by atoms with E-state index in [1.165, 1.54) is 0 Å². The maximum absolute atomic E-state index is 12.9. The smallest absolute Gasteiger partial charge is 0.241 e. The summed E-state index contributed by atoms with van der Waals surface area (Å²) in [4.78, 5) is 28.9. The molecule has 7 nitrogen and oxygen atoms in total. The first kappa shape index (κ1) is 26.6. The number of aliphatic hydroxyl groups is 1. The molecule has 0 spiro atoms. The number of rotatable bonds is 10. The van der Waals surface area contributed by atoms with Crippen molar-refractivity contribution in [3.05, 3.63) is 29.3 Å². The van der Waals surface area contributed by atoms with Crippen molar-refractivity contribution in [3.63, 3.8) is 0 Å². The SMILES string of the molecule is CC[C@H](C)CNC(=O)[C@H](C)C[C@H](O)[C@@H](N)CN1CC(=O)N(c2ccccc2Cl)CC1(C)C. The molecule has 1 saturated heterocycles. The van der Waals surface area contributed by atoms with Gasteiger partial charge in [-0.2, -0.15) is 0 Å². The molecule has 0 bridgehead atoms. The number of nitrogens with two attached hydrogens (primary N) is 1. The lowest BCUT2D eigenvalue weighted by Crippen LogP contribution is -2.64. The lowest BCUT2D eigenvalue weighted by atomic mass is 9.94. The molecule has 2 rings (SSSR count). The molecule has 0 radical (unpaired) electrons. The molecule has 1 fully saturated rings. The predicted octanol–water partition coefficient (Wildman–Crippen LogP) is 2.64. The summed E-state index contributed by atoms with van der Waals surface area (Å²) in [6.45, 7) is 11.7. The van der Waals surface area contributed by atoms with Gasteiger partial charge in [0.15, 0.2) is 0 Å². The third-order valence-electron chi connectivity index (χ3n) is 6.46. The molecular formula is C24H39ClN4O3. The first-order chi connectivity index (χ1) is 15.0. The number of halogens is 1. The van der Waals surface area contributed by atoms with E-state index in [1.807, 2.05) is 36.9 Å². The van der Waals surface area contributed by atoms with Crippen molar-refractivity contribution in [1.82, 2.24) is 10.2 Å². The van der Waals surface area contributed by atoms with Gasteiger partial charge in [-0.15, -0.1) is 0 Å². The molecule has 2 amide bonds. The van der Waals surface area contributed by atoms with E-state index in [0.717, 1.165) is 6.42 Å². The van der Waals surface area contributed by atoms with Crippen LogP contribution < -0.4 is 16.0 Å². The zero-order chi connectivity index (χ0) is 24.1. The zero-order valence-corrected chi connectivity index (χ0v) is 20.7. The van der Waals surface area contributed by atoms with Crippen molar-refractivity contribution in [3.8, 4) is 0 Å². The van der Waals surface area contributed by atoms with Crippen LogP contribution in [0.25, 0.3) is 0 Å². The monoisotopic (exact) mass is 466 g/mol. The molecule has 0 saturated carbocycles. The Hall–Kier alpha value is -1.67. The molecule has 4 N–H and O–H groups in total. The minimum Gasteiger partial charge on any atom is -0.391 e. The average Bonchev–Trinajstić information content (AvgIpc) is 2.74. The summed E-state index contributed by atoms with van der Waals surface area (Å²) in [5, 5.41) is 14.1. The predicted molar refractivity (Wildman–Crippen MR) is 130 cm³/mol. The second kappa shape index (κ2) is 11.5. The van der Waals surface area contributed by atoms with E-state index in [4.69, 9.17) is 17.3 Å². The highest BCUT2D eigenvalue weighted by Crippen LogP contribution is 2.31. The standard InChI is InChI=1S/C24H39ClN4O3/c1-6-16(2)12-27-23(32)17(3)11-21(30)19(26)13-28-14-22(31)29(15-24(28,4)5)20-10-8-7-9-18(20)25/h7-10,16-17,19,21,30H,6,11-15,26H2,1-5H3,(H,27,32)/t16-,17+,19-,21-/m0/s1. The second-order valence-electron chi connectivity index (χ2n) is 9.75. The van der Waals surface area contributed by atoms with Crippen LogP contribution in [0.5, 0.6) is 0 Å². The molecule has 0 unspecified atom stereocenters. The van der Waals surface area contributed by atoms with Crippen LogP contribution in [0.1, 0.15) is 47.5 Å². The van der Waals surface area contributed by atoms with Crippen molar-refractivity contribution < 1.29 is 14.7 Å². The Bertz CT molecular complexity index is 788. The fourth-order valence-electron chi connectivity index (χ4n) is 3.85. The number of nitrogens with one attached hydrogen (secondary N) is 1. The van der Waals surface area contributed by atoms with Gasteiger partial charge in [0.05, 0.1) is 23.4 Å². The first-order valence-electron chi connectivity index (χ1n) is 11.5. The summed E-state index contributed by atoms with van der Waals surface area (Å²) >= 11 is 6.31. The van der Waals surface area contributed by atoms with Gasteiger partial charge in [-0.1, -0.05) is 50.9 Å². The van der Waals surface area contributed by atoms with Gasteiger partial charge in [-0.3, -0.25) is 14.5 Å². The van der Waals surface area contributed by atoms with Crippen LogP contribution in [0.4, 0.5) is 5.69 Å². The maximum atomic E-state index is 12.9. The van der Waals surface area contributed by atoms with Gasteiger partial charge in [-0.05, 0) is 38.3 Å². The summed E-state index contributed by atoms with van der Waals surface area (Å²) < 4.78 is 0. The van der Waals surface area contributed by atoms with E-state index in [2.05, 4.69) is 19.2 Å². The molecule has 0 aromatic heterocycles. The summed E-state index contributed by atoms with van der Waals surface area (Å²) in [5.41, 5.74) is 6.65. The number of benzene rings is 1. The van der Waals surface area contributed by atoms with Gasteiger partial charge in [0.2, 0.25) is 11.8 Å². The third kappa shape index (κ3) is 6.91. The summed E-state index contributed by atoms with van der Waals surface area (Å²) in [6.07, 6.45) is 0.439. The number of amides is 2.